The summed E-state index contributed by atoms with van der Waals surface area (Å²) in [7, 11) is 0. The van der Waals surface area contributed by atoms with Gasteiger partial charge in [0.2, 0.25) is 5.91 Å². The molecule has 1 aliphatic rings. The summed E-state index contributed by atoms with van der Waals surface area (Å²) in [5, 5.41) is 0.459. The van der Waals surface area contributed by atoms with E-state index < -0.39 is 0 Å². The highest BCUT2D eigenvalue weighted by Crippen LogP contribution is 2.22. The molecule has 1 atom stereocenters. The number of anilines is 2. The monoisotopic (exact) mass is 295 g/mol. The summed E-state index contributed by atoms with van der Waals surface area (Å²) >= 11 is 1.29. The van der Waals surface area contributed by atoms with E-state index in [0.29, 0.717) is 28.6 Å². The van der Waals surface area contributed by atoms with Crippen molar-refractivity contribution in [2.75, 3.05) is 23.8 Å². The third-order valence-electron chi connectivity index (χ3n) is 3.49. The zero-order valence-electron chi connectivity index (χ0n) is 11.7. The molecule has 20 heavy (non-hydrogen) atoms. The van der Waals surface area contributed by atoms with Gasteiger partial charge < -0.3 is 16.4 Å². The molecular formula is C13H21N5OS. The Balaban J connectivity index is 1.94. The number of amides is 1. The molecule has 1 fully saturated rings. The van der Waals surface area contributed by atoms with Gasteiger partial charge >= 0.3 is 0 Å². The van der Waals surface area contributed by atoms with Crippen molar-refractivity contribution in [3.05, 3.63) is 6.07 Å². The van der Waals surface area contributed by atoms with Gasteiger partial charge in [-0.05, 0) is 25.7 Å². The fraction of sp³-hybridized carbons (Fsp3) is 0.615. The zero-order chi connectivity index (χ0) is 14.5. The van der Waals surface area contributed by atoms with Gasteiger partial charge in [-0.3, -0.25) is 4.79 Å². The largest absolute Gasteiger partial charge is 0.383 e. The summed E-state index contributed by atoms with van der Waals surface area (Å²) in [5.74, 6) is 1.14. The van der Waals surface area contributed by atoms with Crippen molar-refractivity contribution in [2.45, 2.75) is 43.8 Å². The van der Waals surface area contributed by atoms with E-state index in [-0.39, 0.29) is 5.91 Å². The normalized spacial score (nSPS) is 19.1. The standard InChI is InChI=1S/C13H21N5OS/c1-2-9-5-3-4-6-18(9)12(19)8-20-13-16-10(14)7-11(15)17-13/h7,9H,2-6,8H2,1H3,(H4,14,15,16,17)/t9-/m1/s1. The molecule has 1 aromatic heterocycles. The Morgan fingerprint density at radius 1 is 1.40 bits per heavy atom. The quantitative estimate of drug-likeness (QED) is 0.645. The maximum Gasteiger partial charge on any atom is 0.233 e. The van der Waals surface area contributed by atoms with Gasteiger partial charge in [0.05, 0.1) is 5.75 Å². The Bertz CT molecular complexity index is 462. The first-order chi connectivity index (χ1) is 9.60. The van der Waals surface area contributed by atoms with Crippen molar-refractivity contribution in [1.29, 1.82) is 0 Å². The van der Waals surface area contributed by atoms with Crippen molar-refractivity contribution in [1.82, 2.24) is 14.9 Å². The van der Waals surface area contributed by atoms with Gasteiger partial charge in [-0.2, -0.15) is 0 Å². The molecule has 0 radical (unpaired) electrons. The first-order valence-corrected chi connectivity index (χ1v) is 7.91. The van der Waals surface area contributed by atoms with E-state index in [2.05, 4.69) is 16.9 Å². The van der Waals surface area contributed by atoms with Crippen LogP contribution in [0.15, 0.2) is 11.2 Å². The number of rotatable bonds is 4. The van der Waals surface area contributed by atoms with Crippen LogP contribution < -0.4 is 11.5 Å². The number of carbonyl (C=O) groups excluding carboxylic acids is 1. The van der Waals surface area contributed by atoms with Crippen molar-refractivity contribution < 1.29 is 4.79 Å². The van der Waals surface area contributed by atoms with Crippen LogP contribution in [0, 0.1) is 0 Å². The number of piperidine rings is 1. The minimum Gasteiger partial charge on any atom is -0.383 e. The fourth-order valence-corrected chi connectivity index (χ4v) is 3.25. The molecule has 0 aromatic carbocycles. The SMILES string of the molecule is CC[C@@H]1CCCCN1C(=O)CSc1nc(N)cc(N)n1. The fourth-order valence-electron chi connectivity index (χ4n) is 2.49. The van der Waals surface area contributed by atoms with E-state index in [1.165, 1.54) is 24.2 Å². The first-order valence-electron chi connectivity index (χ1n) is 6.92. The summed E-state index contributed by atoms with van der Waals surface area (Å²) < 4.78 is 0. The predicted octanol–water partition coefficient (Wildman–Crippen LogP) is 1.52. The van der Waals surface area contributed by atoms with E-state index in [0.717, 1.165) is 25.8 Å². The third kappa shape index (κ3) is 3.75. The predicted molar refractivity (Wildman–Crippen MR) is 81.2 cm³/mol. The number of likely N-dealkylation sites (tertiary alicyclic amines) is 1. The van der Waals surface area contributed by atoms with Gasteiger partial charge in [0.15, 0.2) is 5.16 Å². The molecule has 0 aliphatic carbocycles. The number of hydrogen-bond donors (Lipinski definition) is 2. The number of carbonyl (C=O) groups is 1. The highest BCUT2D eigenvalue weighted by molar-refractivity contribution is 7.99. The summed E-state index contributed by atoms with van der Waals surface area (Å²) in [5.41, 5.74) is 11.2. The molecule has 0 spiro atoms. The first kappa shape index (κ1) is 14.9. The number of nitrogens with zero attached hydrogens (tertiary/aromatic N) is 3. The Morgan fingerprint density at radius 3 is 2.75 bits per heavy atom. The average Bonchev–Trinajstić information content (AvgIpc) is 2.43. The van der Waals surface area contributed by atoms with Gasteiger partial charge in [-0.15, -0.1) is 0 Å². The molecule has 7 heteroatoms. The van der Waals surface area contributed by atoms with Crippen LogP contribution in [0.5, 0.6) is 0 Å². The van der Waals surface area contributed by atoms with Gasteiger partial charge in [0.25, 0.3) is 0 Å². The van der Waals surface area contributed by atoms with Crippen LogP contribution in [-0.2, 0) is 4.79 Å². The van der Waals surface area contributed by atoms with Gasteiger partial charge in [0.1, 0.15) is 11.6 Å². The van der Waals surface area contributed by atoms with E-state index in [1.54, 1.807) is 0 Å². The van der Waals surface area contributed by atoms with E-state index >= 15 is 0 Å². The van der Waals surface area contributed by atoms with Gasteiger partial charge in [-0.25, -0.2) is 9.97 Å². The van der Waals surface area contributed by atoms with Crippen LogP contribution >= 0.6 is 11.8 Å². The van der Waals surface area contributed by atoms with Crippen LogP contribution in [-0.4, -0.2) is 39.1 Å². The second kappa shape index (κ2) is 6.78. The summed E-state index contributed by atoms with van der Waals surface area (Å²) in [6.45, 7) is 2.99. The molecule has 0 bridgehead atoms. The minimum atomic E-state index is 0.145. The Labute approximate surface area is 123 Å². The molecule has 6 nitrogen and oxygen atoms in total. The van der Waals surface area contributed by atoms with Crippen LogP contribution in [0.1, 0.15) is 32.6 Å². The molecule has 110 valence electrons. The van der Waals surface area contributed by atoms with Crippen molar-refractivity contribution in [2.24, 2.45) is 0 Å². The number of thioether (sulfide) groups is 1. The molecule has 1 aromatic rings. The molecule has 1 saturated heterocycles. The summed E-state index contributed by atoms with van der Waals surface area (Å²) in [6.07, 6.45) is 4.42. The van der Waals surface area contributed by atoms with Crippen molar-refractivity contribution >= 4 is 29.3 Å². The van der Waals surface area contributed by atoms with Crippen LogP contribution in [0.4, 0.5) is 11.6 Å². The molecule has 0 saturated carbocycles. The Morgan fingerprint density at radius 2 is 2.10 bits per heavy atom. The topological polar surface area (TPSA) is 98.1 Å². The highest BCUT2D eigenvalue weighted by Gasteiger charge is 2.25. The van der Waals surface area contributed by atoms with Crippen LogP contribution in [0.2, 0.25) is 0 Å². The maximum atomic E-state index is 12.3. The van der Waals surface area contributed by atoms with Gasteiger partial charge in [-0.1, -0.05) is 18.7 Å². The second-order valence-electron chi connectivity index (χ2n) is 4.93. The molecular weight excluding hydrogens is 274 g/mol. The summed E-state index contributed by atoms with van der Waals surface area (Å²) in [4.78, 5) is 22.4. The maximum absolute atomic E-state index is 12.3. The summed E-state index contributed by atoms with van der Waals surface area (Å²) in [6, 6.07) is 1.88. The third-order valence-corrected chi connectivity index (χ3v) is 4.32. The smallest absolute Gasteiger partial charge is 0.233 e. The lowest BCUT2D eigenvalue weighted by molar-refractivity contribution is -0.132. The molecule has 1 amide bonds. The lowest BCUT2D eigenvalue weighted by Crippen LogP contribution is -2.44. The lowest BCUT2D eigenvalue weighted by atomic mass is 10.0. The second-order valence-corrected chi connectivity index (χ2v) is 5.88. The van der Waals surface area contributed by atoms with E-state index in [4.69, 9.17) is 11.5 Å². The molecule has 2 rings (SSSR count). The molecule has 2 heterocycles. The van der Waals surface area contributed by atoms with Crippen molar-refractivity contribution in [3.8, 4) is 0 Å². The number of aromatic nitrogens is 2. The molecule has 4 N–H and O–H groups in total. The molecule has 0 unspecified atom stereocenters. The van der Waals surface area contributed by atoms with Crippen LogP contribution in [0.3, 0.4) is 0 Å². The van der Waals surface area contributed by atoms with Crippen LogP contribution in [0.25, 0.3) is 0 Å². The lowest BCUT2D eigenvalue weighted by Gasteiger charge is -2.35. The highest BCUT2D eigenvalue weighted by atomic mass is 32.2. The Hall–Kier alpha value is -1.50. The Kier molecular flexibility index (Phi) is 5.05. The average molecular weight is 295 g/mol. The number of hydrogen-bond acceptors (Lipinski definition) is 6. The molecule has 1 aliphatic heterocycles. The number of nitrogens with two attached hydrogens (primary N) is 2. The van der Waals surface area contributed by atoms with E-state index in [1.807, 2.05) is 4.90 Å². The number of nitrogen functional groups attached to an aromatic ring is 2. The van der Waals surface area contributed by atoms with E-state index in [9.17, 15) is 4.79 Å². The van der Waals surface area contributed by atoms with Gasteiger partial charge in [0, 0.05) is 18.7 Å². The van der Waals surface area contributed by atoms with Crippen molar-refractivity contribution in [3.63, 3.8) is 0 Å². The zero-order valence-corrected chi connectivity index (χ0v) is 12.5. The minimum absolute atomic E-state index is 0.145.